The summed E-state index contributed by atoms with van der Waals surface area (Å²) in [5, 5.41) is 9.99. The minimum Gasteiger partial charge on any atom is -0.395 e. The SMILES string of the molecule is CC(C)[C@@](CO)(COS(=O)(=O)c1ccccc1)c1ccccc1. The third-order valence-electron chi connectivity index (χ3n) is 4.24. The molecule has 0 heterocycles. The Bertz CT molecular complexity index is 711. The van der Waals surface area contributed by atoms with Gasteiger partial charge in [-0.3, -0.25) is 4.18 Å². The maximum atomic E-state index is 12.3. The molecule has 0 bridgehead atoms. The fourth-order valence-corrected chi connectivity index (χ4v) is 3.50. The van der Waals surface area contributed by atoms with Gasteiger partial charge in [-0.15, -0.1) is 0 Å². The smallest absolute Gasteiger partial charge is 0.297 e. The van der Waals surface area contributed by atoms with Crippen molar-refractivity contribution in [3.8, 4) is 0 Å². The van der Waals surface area contributed by atoms with Gasteiger partial charge < -0.3 is 5.11 Å². The molecule has 0 aliphatic carbocycles. The Morgan fingerprint density at radius 2 is 1.52 bits per heavy atom. The van der Waals surface area contributed by atoms with Gasteiger partial charge in [0.05, 0.1) is 18.1 Å². The first-order valence-corrected chi connectivity index (χ1v) is 8.94. The van der Waals surface area contributed by atoms with Crippen LogP contribution >= 0.6 is 0 Å². The molecule has 2 aromatic rings. The summed E-state index contributed by atoms with van der Waals surface area (Å²) in [7, 11) is -3.86. The molecule has 0 saturated heterocycles. The van der Waals surface area contributed by atoms with Crippen molar-refractivity contribution in [1.29, 1.82) is 0 Å². The molecular formula is C18H22O4S. The van der Waals surface area contributed by atoms with E-state index in [0.29, 0.717) is 0 Å². The summed E-state index contributed by atoms with van der Waals surface area (Å²) >= 11 is 0. The molecule has 1 atom stereocenters. The zero-order chi connectivity index (χ0) is 16.9. The van der Waals surface area contributed by atoms with Crippen LogP contribution in [0.1, 0.15) is 19.4 Å². The minimum absolute atomic E-state index is 0.000809. The van der Waals surface area contributed by atoms with Crippen molar-refractivity contribution in [2.45, 2.75) is 24.2 Å². The molecule has 4 nitrogen and oxygen atoms in total. The maximum absolute atomic E-state index is 12.3. The van der Waals surface area contributed by atoms with Gasteiger partial charge in [0.1, 0.15) is 0 Å². The van der Waals surface area contributed by atoms with Gasteiger partial charge in [0, 0.05) is 5.41 Å². The van der Waals surface area contributed by atoms with Gasteiger partial charge in [0.2, 0.25) is 0 Å². The first-order valence-electron chi connectivity index (χ1n) is 7.53. The molecule has 124 valence electrons. The highest BCUT2D eigenvalue weighted by molar-refractivity contribution is 7.86. The second-order valence-corrected chi connectivity index (χ2v) is 7.48. The molecule has 2 rings (SSSR count). The van der Waals surface area contributed by atoms with Gasteiger partial charge in [0.25, 0.3) is 10.1 Å². The molecule has 0 unspecified atom stereocenters. The van der Waals surface area contributed by atoms with E-state index in [1.165, 1.54) is 12.1 Å². The highest BCUT2D eigenvalue weighted by Gasteiger charge is 2.37. The standard InChI is InChI=1S/C18H22O4S/c1-15(2)18(13-19,16-9-5-3-6-10-16)14-22-23(20,21)17-11-7-4-8-12-17/h3-12,15,19H,13-14H2,1-2H3/t18-/m1/s1. The van der Waals surface area contributed by atoms with Crippen molar-refractivity contribution < 1.29 is 17.7 Å². The molecule has 0 amide bonds. The van der Waals surface area contributed by atoms with Crippen LogP contribution in [0.5, 0.6) is 0 Å². The van der Waals surface area contributed by atoms with Gasteiger partial charge in [-0.25, -0.2) is 0 Å². The fourth-order valence-electron chi connectivity index (χ4n) is 2.51. The molecule has 0 aromatic heterocycles. The topological polar surface area (TPSA) is 63.6 Å². The Morgan fingerprint density at radius 1 is 1.00 bits per heavy atom. The quantitative estimate of drug-likeness (QED) is 0.791. The molecular weight excluding hydrogens is 312 g/mol. The van der Waals surface area contributed by atoms with E-state index in [2.05, 4.69) is 0 Å². The monoisotopic (exact) mass is 334 g/mol. The molecule has 0 radical (unpaired) electrons. The van der Waals surface area contributed by atoms with Crippen molar-refractivity contribution in [2.75, 3.05) is 13.2 Å². The summed E-state index contributed by atoms with van der Waals surface area (Å²) in [6.07, 6.45) is 0. The van der Waals surface area contributed by atoms with Crippen molar-refractivity contribution in [3.05, 3.63) is 66.2 Å². The molecule has 1 N–H and O–H groups in total. The molecule has 23 heavy (non-hydrogen) atoms. The Kier molecular flexibility index (Phi) is 5.57. The van der Waals surface area contributed by atoms with E-state index in [1.54, 1.807) is 18.2 Å². The van der Waals surface area contributed by atoms with Crippen LogP contribution in [0.4, 0.5) is 0 Å². The highest BCUT2D eigenvalue weighted by Crippen LogP contribution is 2.33. The van der Waals surface area contributed by atoms with Crippen molar-refractivity contribution in [1.82, 2.24) is 0 Å². The summed E-state index contributed by atoms with van der Waals surface area (Å²) in [6.45, 7) is 3.59. The number of hydrogen-bond acceptors (Lipinski definition) is 4. The van der Waals surface area contributed by atoms with Crippen LogP contribution < -0.4 is 0 Å². The number of aliphatic hydroxyl groups excluding tert-OH is 1. The second kappa shape index (κ2) is 7.25. The van der Waals surface area contributed by atoms with Crippen molar-refractivity contribution in [3.63, 3.8) is 0 Å². The van der Waals surface area contributed by atoms with Crippen molar-refractivity contribution in [2.24, 2.45) is 5.92 Å². The van der Waals surface area contributed by atoms with E-state index in [-0.39, 0.29) is 24.0 Å². The van der Waals surface area contributed by atoms with Crippen LogP contribution in [-0.4, -0.2) is 26.7 Å². The molecule has 0 aliphatic rings. The Labute approximate surface area is 137 Å². The van der Waals surface area contributed by atoms with E-state index < -0.39 is 15.5 Å². The van der Waals surface area contributed by atoms with Gasteiger partial charge in [-0.05, 0) is 23.6 Å². The number of hydrogen-bond donors (Lipinski definition) is 1. The normalized spacial score (nSPS) is 14.6. The molecule has 2 aromatic carbocycles. The van der Waals surface area contributed by atoms with Crippen LogP contribution in [0.15, 0.2) is 65.6 Å². The average Bonchev–Trinajstić information content (AvgIpc) is 2.57. The number of rotatable bonds is 7. The first kappa shape index (κ1) is 17.7. The lowest BCUT2D eigenvalue weighted by molar-refractivity contribution is 0.0953. The average molecular weight is 334 g/mol. The largest absolute Gasteiger partial charge is 0.395 e. The summed E-state index contributed by atoms with van der Waals surface area (Å²) < 4.78 is 30.0. The summed E-state index contributed by atoms with van der Waals surface area (Å²) in [5.41, 5.74) is 0.0871. The third-order valence-corrected chi connectivity index (χ3v) is 5.52. The lowest BCUT2D eigenvalue weighted by atomic mass is 9.73. The van der Waals surface area contributed by atoms with Gasteiger partial charge in [-0.2, -0.15) is 8.42 Å². The first-order chi connectivity index (χ1) is 10.9. The molecule has 0 fully saturated rings. The van der Waals surface area contributed by atoms with Crippen molar-refractivity contribution >= 4 is 10.1 Å². The van der Waals surface area contributed by atoms with E-state index >= 15 is 0 Å². The van der Waals surface area contributed by atoms with Crippen LogP contribution in [-0.2, 0) is 19.7 Å². The van der Waals surface area contributed by atoms with Crippen LogP contribution in [0.2, 0.25) is 0 Å². The van der Waals surface area contributed by atoms with E-state index in [0.717, 1.165) is 5.56 Å². The van der Waals surface area contributed by atoms with Gasteiger partial charge >= 0.3 is 0 Å². The minimum atomic E-state index is -3.86. The summed E-state index contributed by atoms with van der Waals surface area (Å²) in [6, 6.07) is 17.4. The predicted molar refractivity (Wildman–Crippen MR) is 89.6 cm³/mol. The number of benzene rings is 2. The van der Waals surface area contributed by atoms with E-state index in [4.69, 9.17) is 4.18 Å². The Hall–Kier alpha value is -1.69. The maximum Gasteiger partial charge on any atom is 0.297 e. The molecule has 0 spiro atoms. The highest BCUT2D eigenvalue weighted by atomic mass is 32.2. The molecule has 0 saturated carbocycles. The van der Waals surface area contributed by atoms with Gasteiger partial charge in [-0.1, -0.05) is 62.4 Å². The van der Waals surface area contributed by atoms with E-state index in [1.807, 2.05) is 44.2 Å². The Balaban J connectivity index is 2.30. The lowest BCUT2D eigenvalue weighted by Crippen LogP contribution is -2.41. The van der Waals surface area contributed by atoms with Crippen LogP contribution in [0, 0.1) is 5.92 Å². The second-order valence-electron chi connectivity index (χ2n) is 5.86. The van der Waals surface area contributed by atoms with E-state index in [9.17, 15) is 13.5 Å². The summed E-state index contributed by atoms with van der Waals surface area (Å²) in [5.74, 6) is 0.000809. The number of aliphatic hydroxyl groups is 1. The molecule has 5 heteroatoms. The predicted octanol–water partition coefficient (Wildman–Crippen LogP) is 2.98. The lowest BCUT2D eigenvalue weighted by Gasteiger charge is -2.35. The van der Waals surface area contributed by atoms with Crippen LogP contribution in [0.3, 0.4) is 0 Å². The summed E-state index contributed by atoms with van der Waals surface area (Å²) in [4.78, 5) is 0.114. The molecule has 0 aliphatic heterocycles. The third kappa shape index (κ3) is 3.80. The zero-order valence-corrected chi connectivity index (χ0v) is 14.2. The Morgan fingerprint density at radius 3 is 2.00 bits per heavy atom. The van der Waals surface area contributed by atoms with Gasteiger partial charge in [0.15, 0.2) is 0 Å². The zero-order valence-electron chi connectivity index (χ0n) is 13.3. The fraction of sp³-hybridized carbons (Fsp3) is 0.333. The van der Waals surface area contributed by atoms with Crippen LogP contribution in [0.25, 0.3) is 0 Å².